The predicted octanol–water partition coefficient (Wildman–Crippen LogP) is 3.56. The van der Waals surface area contributed by atoms with Crippen LogP contribution in [0.2, 0.25) is 0 Å². The van der Waals surface area contributed by atoms with Crippen molar-refractivity contribution in [1.82, 2.24) is 5.16 Å². The fourth-order valence-corrected chi connectivity index (χ4v) is 2.11. The molecule has 0 aliphatic heterocycles. The second kappa shape index (κ2) is 4.29. The number of benzene rings is 1. The zero-order valence-corrected chi connectivity index (χ0v) is 10.8. The Morgan fingerprint density at radius 2 is 2.19 bits per heavy atom. The first kappa shape index (κ1) is 11.2. The van der Waals surface area contributed by atoms with Crippen molar-refractivity contribution in [3.8, 4) is 11.3 Å². The molecule has 0 unspecified atom stereocenters. The van der Waals surface area contributed by atoms with Crippen LogP contribution in [0.1, 0.15) is 18.1 Å². The number of nitrogen functional groups attached to an aromatic ring is 1. The van der Waals surface area contributed by atoms with Crippen molar-refractivity contribution in [2.45, 2.75) is 20.3 Å². The van der Waals surface area contributed by atoms with Gasteiger partial charge in [-0.15, -0.1) is 0 Å². The largest absolute Gasteiger partial charge is 0.367 e. The van der Waals surface area contributed by atoms with Gasteiger partial charge in [-0.3, -0.25) is 0 Å². The van der Waals surface area contributed by atoms with Gasteiger partial charge in [-0.25, -0.2) is 0 Å². The first-order chi connectivity index (χ1) is 7.65. The van der Waals surface area contributed by atoms with E-state index in [1.807, 2.05) is 32.0 Å². The van der Waals surface area contributed by atoms with Gasteiger partial charge in [-0.1, -0.05) is 40.1 Å². The lowest BCUT2D eigenvalue weighted by atomic mass is 10.0. The average Bonchev–Trinajstić information content (AvgIpc) is 2.63. The number of nitrogens with two attached hydrogens (primary N) is 1. The van der Waals surface area contributed by atoms with Gasteiger partial charge in [-0.2, -0.15) is 0 Å². The summed E-state index contributed by atoms with van der Waals surface area (Å²) in [6, 6.07) is 6.02. The van der Waals surface area contributed by atoms with Crippen LogP contribution in [-0.4, -0.2) is 5.16 Å². The molecule has 0 radical (unpaired) electrons. The highest BCUT2D eigenvalue weighted by molar-refractivity contribution is 9.10. The molecule has 1 heterocycles. The molecular weight excluding hydrogens is 268 g/mol. The minimum atomic E-state index is 0.414. The smallest absolute Gasteiger partial charge is 0.225 e. The zero-order chi connectivity index (χ0) is 11.7. The standard InChI is InChI=1S/C12H13BrN2O/c1-3-8-11(15-16-12(8)14)9-5-4-6-10(13)7(9)2/h4-6H,3,14H2,1-2H3. The van der Waals surface area contributed by atoms with Crippen LogP contribution in [0.4, 0.5) is 5.88 Å². The summed E-state index contributed by atoms with van der Waals surface area (Å²) in [6.07, 6.45) is 0.816. The van der Waals surface area contributed by atoms with Crippen molar-refractivity contribution in [3.63, 3.8) is 0 Å². The lowest BCUT2D eigenvalue weighted by Gasteiger charge is -2.05. The Labute approximate surface area is 103 Å². The normalized spacial score (nSPS) is 10.7. The number of halogens is 1. The van der Waals surface area contributed by atoms with Crippen LogP contribution in [0.15, 0.2) is 27.2 Å². The molecule has 1 aromatic carbocycles. The van der Waals surface area contributed by atoms with Crippen molar-refractivity contribution < 1.29 is 4.52 Å². The van der Waals surface area contributed by atoms with E-state index < -0.39 is 0 Å². The molecule has 2 aromatic rings. The van der Waals surface area contributed by atoms with Crippen molar-refractivity contribution in [1.29, 1.82) is 0 Å². The minimum absolute atomic E-state index is 0.414. The van der Waals surface area contributed by atoms with Crippen LogP contribution < -0.4 is 5.73 Å². The van der Waals surface area contributed by atoms with Gasteiger partial charge in [0.1, 0.15) is 5.69 Å². The number of hydrogen-bond acceptors (Lipinski definition) is 3. The molecule has 0 bridgehead atoms. The number of anilines is 1. The van der Waals surface area contributed by atoms with Gasteiger partial charge < -0.3 is 10.3 Å². The second-order valence-corrected chi connectivity index (χ2v) is 4.49. The summed E-state index contributed by atoms with van der Waals surface area (Å²) in [4.78, 5) is 0. The van der Waals surface area contributed by atoms with Crippen molar-refractivity contribution in [2.75, 3.05) is 5.73 Å². The predicted molar refractivity (Wildman–Crippen MR) is 68.2 cm³/mol. The summed E-state index contributed by atoms with van der Waals surface area (Å²) in [7, 11) is 0. The topological polar surface area (TPSA) is 52.0 Å². The molecule has 2 rings (SSSR count). The van der Waals surface area contributed by atoms with E-state index in [-0.39, 0.29) is 0 Å². The molecule has 0 aliphatic carbocycles. The number of aromatic nitrogens is 1. The van der Waals surface area contributed by atoms with Gasteiger partial charge >= 0.3 is 0 Å². The summed E-state index contributed by atoms with van der Waals surface area (Å²) in [5.74, 6) is 0.414. The number of nitrogens with zero attached hydrogens (tertiary/aromatic N) is 1. The molecule has 0 saturated heterocycles. The summed E-state index contributed by atoms with van der Waals surface area (Å²) in [5, 5.41) is 4.04. The first-order valence-electron chi connectivity index (χ1n) is 5.14. The maximum absolute atomic E-state index is 5.74. The van der Waals surface area contributed by atoms with Crippen LogP contribution >= 0.6 is 15.9 Å². The van der Waals surface area contributed by atoms with Crippen molar-refractivity contribution >= 4 is 21.8 Å². The van der Waals surface area contributed by atoms with Crippen LogP contribution in [0, 0.1) is 6.92 Å². The average molecular weight is 281 g/mol. The highest BCUT2D eigenvalue weighted by Crippen LogP contribution is 2.32. The number of hydrogen-bond donors (Lipinski definition) is 1. The van der Waals surface area contributed by atoms with E-state index in [1.165, 1.54) is 0 Å². The molecule has 0 atom stereocenters. The summed E-state index contributed by atoms with van der Waals surface area (Å²) in [5.41, 5.74) is 9.76. The Morgan fingerprint density at radius 3 is 2.88 bits per heavy atom. The van der Waals surface area contributed by atoms with E-state index >= 15 is 0 Å². The van der Waals surface area contributed by atoms with Crippen LogP contribution in [0.25, 0.3) is 11.3 Å². The SMILES string of the molecule is CCc1c(-c2cccc(Br)c2C)noc1N. The molecule has 1 aromatic heterocycles. The molecule has 3 nitrogen and oxygen atoms in total. The minimum Gasteiger partial charge on any atom is -0.367 e. The third-order valence-electron chi connectivity index (χ3n) is 2.69. The maximum Gasteiger partial charge on any atom is 0.225 e. The third-order valence-corrected chi connectivity index (χ3v) is 3.55. The van der Waals surface area contributed by atoms with E-state index in [0.29, 0.717) is 5.88 Å². The van der Waals surface area contributed by atoms with Crippen LogP contribution in [-0.2, 0) is 6.42 Å². The van der Waals surface area contributed by atoms with Crippen molar-refractivity contribution in [2.24, 2.45) is 0 Å². The molecule has 0 amide bonds. The van der Waals surface area contributed by atoms with Gasteiger partial charge in [0.05, 0.1) is 0 Å². The lowest BCUT2D eigenvalue weighted by Crippen LogP contribution is -1.92. The van der Waals surface area contributed by atoms with Crippen LogP contribution in [0.5, 0.6) is 0 Å². The Kier molecular flexibility index (Phi) is 3.01. The zero-order valence-electron chi connectivity index (χ0n) is 9.25. The van der Waals surface area contributed by atoms with Gasteiger partial charge in [0.15, 0.2) is 0 Å². The summed E-state index contributed by atoms with van der Waals surface area (Å²) >= 11 is 3.51. The van der Waals surface area contributed by atoms with E-state index in [4.69, 9.17) is 10.3 Å². The Hall–Kier alpha value is -1.29. The molecule has 0 saturated carbocycles. The van der Waals surface area contributed by atoms with Gasteiger partial charge in [-0.05, 0) is 25.0 Å². The number of rotatable bonds is 2. The Bertz CT molecular complexity index is 520. The van der Waals surface area contributed by atoms with E-state index in [2.05, 4.69) is 21.1 Å². The second-order valence-electron chi connectivity index (χ2n) is 3.64. The fraction of sp³-hybridized carbons (Fsp3) is 0.250. The van der Waals surface area contributed by atoms with Gasteiger partial charge in [0, 0.05) is 15.6 Å². The first-order valence-corrected chi connectivity index (χ1v) is 5.94. The third kappa shape index (κ3) is 1.73. The molecule has 0 fully saturated rings. The molecule has 16 heavy (non-hydrogen) atoms. The molecule has 2 N–H and O–H groups in total. The monoisotopic (exact) mass is 280 g/mol. The summed E-state index contributed by atoms with van der Waals surface area (Å²) in [6.45, 7) is 4.09. The van der Waals surface area contributed by atoms with Crippen molar-refractivity contribution in [3.05, 3.63) is 33.8 Å². The van der Waals surface area contributed by atoms with E-state index in [9.17, 15) is 0 Å². The summed E-state index contributed by atoms with van der Waals surface area (Å²) < 4.78 is 6.11. The molecular formula is C12H13BrN2O. The quantitative estimate of drug-likeness (QED) is 0.915. The van der Waals surface area contributed by atoms with E-state index in [1.54, 1.807) is 0 Å². The molecule has 0 aliphatic rings. The molecule has 0 spiro atoms. The van der Waals surface area contributed by atoms with Gasteiger partial charge in [0.2, 0.25) is 5.88 Å². The van der Waals surface area contributed by atoms with Gasteiger partial charge in [0.25, 0.3) is 0 Å². The van der Waals surface area contributed by atoms with E-state index in [0.717, 1.165) is 33.3 Å². The highest BCUT2D eigenvalue weighted by Gasteiger charge is 2.15. The highest BCUT2D eigenvalue weighted by atomic mass is 79.9. The Balaban J connectivity index is 2.63. The molecule has 4 heteroatoms. The Morgan fingerprint density at radius 1 is 1.44 bits per heavy atom. The fourth-order valence-electron chi connectivity index (χ4n) is 1.74. The lowest BCUT2D eigenvalue weighted by molar-refractivity contribution is 0.438. The maximum atomic E-state index is 5.74. The van der Waals surface area contributed by atoms with Crippen LogP contribution in [0.3, 0.4) is 0 Å². The molecule has 84 valence electrons.